The van der Waals surface area contributed by atoms with E-state index in [0.717, 1.165) is 49.3 Å². The Hall–Kier alpha value is -0.830. The Morgan fingerprint density at radius 2 is 1.96 bits per heavy atom. The predicted octanol–water partition coefficient (Wildman–Crippen LogP) is 1.88. The topological polar surface area (TPSA) is 39.9 Å². The van der Waals surface area contributed by atoms with E-state index in [0.29, 0.717) is 0 Å². The molecular weight excluding hydrogens is 415 g/mol. The summed E-state index contributed by atoms with van der Waals surface area (Å²) in [6, 6.07) is 2.85. The predicted molar refractivity (Wildman–Crippen MR) is 108 cm³/mol. The van der Waals surface area contributed by atoms with Gasteiger partial charge in [0.1, 0.15) is 0 Å². The summed E-state index contributed by atoms with van der Waals surface area (Å²) in [6.45, 7) is 4.18. The molecule has 0 radical (unpaired) electrons. The summed E-state index contributed by atoms with van der Waals surface area (Å²) in [5, 5.41) is 4.57. The third-order valence-corrected chi connectivity index (χ3v) is 5.83. The van der Waals surface area contributed by atoms with Crippen molar-refractivity contribution in [2.24, 2.45) is 23.9 Å². The molecule has 3 aliphatic rings. The van der Waals surface area contributed by atoms with E-state index in [4.69, 9.17) is 4.99 Å². The molecule has 2 aliphatic heterocycles. The van der Waals surface area contributed by atoms with E-state index in [-0.39, 0.29) is 24.0 Å². The van der Waals surface area contributed by atoms with Crippen LogP contribution in [-0.2, 0) is 7.05 Å². The molecule has 1 saturated heterocycles. The highest BCUT2D eigenvalue weighted by Crippen LogP contribution is 2.38. The molecule has 7 heteroatoms. The molecule has 0 bridgehead atoms. The van der Waals surface area contributed by atoms with E-state index in [9.17, 15) is 0 Å². The Morgan fingerprint density at radius 1 is 1.17 bits per heavy atom. The van der Waals surface area contributed by atoms with Crippen LogP contribution >= 0.6 is 24.0 Å². The average Bonchev–Trinajstić information content (AvgIpc) is 3.23. The Balaban J connectivity index is 0.00000169. The molecule has 3 heterocycles. The van der Waals surface area contributed by atoms with Gasteiger partial charge in [-0.05, 0) is 45.2 Å². The summed E-state index contributed by atoms with van der Waals surface area (Å²) in [7, 11) is 6.42. The van der Waals surface area contributed by atoms with Crippen LogP contribution in [0.15, 0.2) is 17.3 Å². The van der Waals surface area contributed by atoms with Crippen LogP contribution in [0, 0.1) is 11.8 Å². The summed E-state index contributed by atoms with van der Waals surface area (Å²) in [5.74, 6) is 3.86. The minimum atomic E-state index is 0. The van der Waals surface area contributed by atoms with Crippen molar-refractivity contribution in [2.45, 2.75) is 25.3 Å². The highest BCUT2D eigenvalue weighted by Gasteiger charge is 2.41. The van der Waals surface area contributed by atoms with Crippen LogP contribution < -0.4 is 4.90 Å². The summed E-state index contributed by atoms with van der Waals surface area (Å²) in [4.78, 5) is 12.0. The number of hydrogen-bond acceptors (Lipinski definition) is 5. The van der Waals surface area contributed by atoms with Crippen molar-refractivity contribution in [3.05, 3.63) is 12.3 Å². The standard InChI is InChI=1S/C17H28N6.HI/c1-20(2)15-5-4-13-11-22(12-14(13)10-15)17-18-7-9-23(17)16-6-8-21(3)19-16;/h6,8,13-15H,4-5,7,9-12H2,1-3H3;1H. The molecule has 24 heavy (non-hydrogen) atoms. The van der Waals surface area contributed by atoms with Crippen LogP contribution in [0.2, 0.25) is 0 Å². The zero-order valence-corrected chi connectivity index (χ0v) is 17.3. The second-order valence-electron chi connectivity index (χ2n) is 7.54. The monoisotopic (exact) mass is 444 g/mol. The molecule has 3 unspecified atom stereocenters. The Kier molecular flexibility index (Phi) is 5.39. The van der Waals surface area contributed by atoms with Crippen LogP contribution in [0.3, 0.4) is 0 Å². The molecule has 1 aliphatic carbocycles. The third kappa shape index (κ3) is 3.29. The molecule has 4 rings (SSSR count). The van der Waals surface area contributed by atoms with Crippen LogP contribution in [-0.4, -0.2) is 71.9 Å². The minimum Gasteiger partial charge on any atom is -0.342 e. The zero-order valence-electron chi connectivity index (χ0n) is 14.9. The number of fused-ring (bicyclic) bond motifs is 1. The van der Waals surface area contributed by atoms with Crippen molar-refractivity contribution in [1.82, 2.24) is 19.6 Å². The molecule has 0 aromatic carbocycles. The SMILES string of the molecule is CN(C)C1CCC2CN(C3=NCCN3c3ccn(C)n3)CC2C1.I. The van der Waals surface area contributed by atoms with Crippen molar-refractivity contribution >= 4 is 35.8 Å². The lowest BCUT2D eigenvalue weighted by molar-refractivity contribution is 0.162. The fourth-order valence-corrected chi connectivity index (χ4v) is 4.51. The number of aliphatic imine (C=N–C) groups is 1. The number of anilines is 1. The number of halogens is 1. The van der Waals surface area contributed by atoms with E-state index in [2.05, 4.69) is 40.0 Å². The highest BCUT2D eigenvalue weighted by molar-refractivity contribution is 14.0. The first-order valence-corrected chi connectivity index (χ1v) is 8.85. The summed E-state index contributed by atoms with van der Waals surface area (Å²) < 4.78 is 1.87. The van der Waals surface area contributed by atoms with Crippen LogP contribution in [0.25, 0.3) is 0 Å². The minimum absolute atomic E-state index is 0. The Bertz CT molecular complexity index is 598. The van der Waals surface area contributed by atoms with E-state index < -0.39 is 0 Å². The van der Waals surface area contributed by atoms with Crippen molar-refractivity contribution in [3.63, 3.8) is 0 Å². The average molecular weight is 444 g/mol. The quantitative estimate of drug-likeness (QED) is 0.654. The van der Waals surface area contributed by atoms with Gasteiger partial charge >= 0.3 is 0 Å². The molecule has 3 atom stereocenters. The zero-order chi connectivity index (χ0) is 16.0. The van der Waals surface area contributed by atoms with Crippen molar-refractivity contribution in [2.75, 3.05) is 45.2 Å². The molecular formula is C17H29IN6. The smallest absolute Gasteiger partial charge is 0.202 e. The lowest BCUT2D eigenvalue weighted by Crippen LogP contribution is -2.41. The van der Waals surface area contributed by atoms with Gasteiger partial charge in [-0.15, -0.1) is 24.0 Å². The first-order chi connectivity index (χ1) is 11.1. The van der Waals surface area contributed by atoms with Gasteiger partial charge in [-0.2, -0.15) is 5.10 Å². The molecule has 1 aromatic heterocycles. The maximum Gasteiger partial charge on any atom is 0.202 e. The van der Waals surface area contributed by atoms with E-state index in [1.807, 2.05) is 17.9 Å². The van der Waals surface area contributed by atoms with Gasteiger partial charge in [0.2, 0.25) is 5.96 Å². The molecule has 0 amide bonds. The van der Waals surface area contributed by atoms with Gasteiger partial charge in [0.25, 0.3) is 0 Å². The van der Waals surface area contributed by atoms with Gasteiger partial charge in [0.05, 0.1) is 6.54 Å². The van der Waals surface area contributed by atoms with Crippen LogP contribution in [0.5, 0.6) is 0 Å². The molecule has 0 N–H and O–H groups in total. The van der Waals surface area contributed by atoms with Gasteiger partial charge < -0.3 is 9.80 Å². The van der Waals surface area contributed by atoms with Crippen molar-refractivity contribution in [1.29, 1.82) is 0 Å². The molecule has 134 valence electrons. The van der Waals surface area contributed by atoms with Gasteiger partial charge in [-0.3, -0.25) is 14.6 Å². The lowest BCUT2D eigenvalue weighted by Gasteiger charge is -2.34. The number of hydrogen-bond donors (Lipinski definition) is 0. The first-order valence-electron chi connectivity index (χ1n) is 8.85. The number of rotatable bonds is 2. The van der Waals surface area contributed by atoms with E-state index in [1.165, 1.54) is 25.8 Å². The van der Waals surface area contributed by atoms with Gasteiger partial charge in [0, 0.05) is 45.0 Å². The van der Waals surface area contributed by atoms with Gasteiger partial charge in [0.15, 0.2) is 5.82 Å². The Labute approximate surface area is 161 Å². The van der Waals surface area contributed by atoms with Crippen molar-refractivity contribution < 1.29 is 0 Å². The fraction of sp³-hybridized carbons (Fsp3) is 0.765. The maximum atomic E-state index is 4.81. The normalized spacial score (nSPS) is 29.7. The highest BCUT2D eigenvalue weighted by atomic mass is 127. The van der Waals surface area contributed by atoms with Crippen molar-refractivity contribution in [3.8, 4) is 0 Å². The number of aromatic nitrogens is 2. The third-order valence-electron chi connectivity index (χ3n) is 5.83. The second-order valence-corrected chi connectivity index (χ2v) is 7.54. The molecule has 1 saturated carbocycles. The second kappa shape index (κ2) is 7.19. The summed E-state index contributed by atoms with van der Waals surface area (Å²) in [5.41, 5.74) is 0. The maximum absolute atomic E-state index is 4.81. The molecule has 1 aromatic rings. The molecule has 2 fully saturated rings. The number of guanidine groups is 1. The summed E-state index contributed by atoms with van der Waals surface area (Å²) >= 11 is 0. The molecule has 6 nitrogen and oxygen atoms in total. The first kappa shape index (κ1) is 18.0. The number of nitrogens with zero attached hydrogens (tertiary/aromatic N) is 6. The fourth-order valence-electron chi connectivity index (χ4n) is 4.51. The lowest BCUT2D eigenvalue weighted by atomic mass is 9.79. The van der Waals surface area contributed by atoms with Crippen LogP contribution in [0.1, 0.15) is 19.3 Å². The van der Waals surface area contributed by atoms with Gasteiger partial charge in [-0.1, -0.05) is 0 Å². The van der Waals surface area contributed by atoms with E-state index >= 15 is 0 Å². The van der Waals surface area contributed by atoms with Crippen LogP contribution in [0.4, 0.5) is 5.82 Å². The number of aryl methyl sites for hydroxylation is 1. The summed E-state index contributed by atoms with van der Waals surface area (Å²) in [6.07, 6.45) is 6.06. The molecule has 0 spiro atoms. The van der Waals surface area contributed by atoms with Gasteiger partial charge in [-0.25, -0.2) is 0 Å². The largest absolute Gasteiger partial charge is 0.342 e. The number of likely N-dealkylation sites (tertiary alicyclic amines) is 1. The van der Waals surface area contributed by atoms with E-state index in [1.54, 1.807) is 0 Å². The Morgan fingerprint density at radius 3 is 2.67 bits per heavy atom.